The van der Waals surface area contributed by atoms with Crippen LogP contribution < -0.4 is 5.32 Å². The second-order valence-corrected chi connectivity index (χ2v) is 3.26. The Hall–Kier alpha value is -0.120. The molecule has 0 aromatic heterocycles. The zero-order valence-corrected chi connectivity index (χ0v) is 6.55. The van der Waals surface area contributed by atoms with E-state index in [0.29, 0.717) is 6.42 Å². The fourth-order valence-corrected chi connectivity index (χ4v) is 1.11. The number of ether oxygens (including phenoxy) is 1. The maximum atomic E-state index is 8.58. The van der Waals surface area contributed by atoms with Crippen molar-refractivity contribution in [2.75, 3.05) is 13.2 Å². The molecule has 0 bridgehead atoms. The van der Waals surface area contributed by atoms with E-state index >= 15 is 0 Å². The van der Waals surface area contributed by atoms with E-state index in [-0.39, 0.29) is 18.4 Å². The highest BCUT2D eigenvalue weighted by molar-refractivity contribution is 4.80. The fourth-order valence-electron chi connectivity index (χ4n) is 1.11. The van der Waals surface area contributed by atoms with Gasteiger partial charge in [0.2, 0.25) is 0 Å². The van der Waals surface area contributed by atoms with Crippen LogP contribution in [-0.2, 0) is 4.74 Å². The van der Waals surface area contributed by atoms with Gasteiger partial charge in [0, 0.05) is 19.6 Å². The summed E-state index contributed by atoms with van der Waals surface area (Å²) in [6.07, 6.45) is 0.740. The zero-order valence-electron chi connectivity index (χ0n) is 6.55. The van der Waals surface area contributed by atoms with Crippen molar-refractivity contribution in [3.63, 3.8) is 0 Å². The van der Waals surface area contributed by atoms with Crippen LogP contribution in [0.5, 0.6) is 0 Å². The monoisotopic (exact) mass is 145 g/mol. The maximum Gasteiger partial charge on any atom is 0.111 e. The molecule has 0 amide bonds. The molecule has 1 aliphatic rings. The van der Waals surface area contributed by atoms with E-state index in [9.17, 15) is 0 Å². The van der Waals surface area contributed by atoms with Gasteiger partial charge >= 0.3 is 0 Å². The van der Waals surface area contributed by atoms with Crippen LogP contribution in [0.25, 0.3) is 0 Å². The average Bonchev–Trinajstić information content (AvgIpc) is 2.12. The number of hydrogen-bond acceptors (Lipinski definition) is 3. The first kappa shape index (κ1) is 7.98. The molecule has 1 fully saturated rings. The Morgan fingerprint density at radius 2 is 2.40 bits per heavy atom. The molecular weight excluding hydrogens is 130 g/mol. The second kappa shape index (κ2) is 2.86. The highest BCUT2D eigenvalue weighted by atomic mass is 16.5. The Labute approximate surface area is 61.4 Å². The number of hydrogen-bond donors (Lipinski definition) is 2. The molecule has 1 atom stereocenters. The van der Waals surface area contributed by atoms with Crippen molar-refractivity contribution in [3.8, 4) is 0 Å². The molecule has 0 aromatic carbocycles. The molecule has 1 aliphatic heterocycles. The van der Waals surface area contributed by atoms with E-state index in [4.69, 9.17) is 9.84 Å². The summed E-state index contributed by atoms with van der Waals surface area (Å²) in [5, 5.41) is 11.7. The first-order valence-electron chi connectivity index (χ1n) is 3.66. The molecule has 1 saturated heterocycles. The lowest BCUT2D eigenvalue weighted by Crippen LogP contribution is -2.24. The molecule has 0 aliphatic carbocycles. The molecule has 0 aromatic rings. The van der Waals surface area contributed by atoms with E-state index < -0.39 is 0 Å². The van der Waals surface area contributed by atoms with E-state index in [1.807, 2.05) is 13.8 Å². The summed E-state index contributed by atoms with van der Waals surface area (Å²) in [7, 11) is 0. The van der Waals surface area contributed by atoms with Gasteiger partial charge in [-0.3, -0.25) is 5.32 Å². The molecular formula is C7H15NO2. The van der Waals surface area contributed by atoms with Gasteiger partial charge in [0.15, 0.2) is 0 Å². The average molecular weight is 145 g/mol. The summed E-state index contributed by atoms with van der Waals surface area (Å²) in [6.45, 7) is 5.14. The lowest BCUT2D eigenvalue weighted by atomic mass is 10.1. The molecule has 1 unspecified atom stereocenters. The largest absolute Gasteiger partial charge is 0.396 e. The summed E-state index contributed by atoms with van der Waals surface area (Å²) in [5.74, 6) is 0. The van der Waals surface area contributed by atoms with Crippen molar-refractivity contribution in [2.24, 2.45) is 0 Å². The van der Waals surface area contributed by atoms with Crippen LogP contribution in [0.2, 0.25) is 0 Å². The van der Waals surface area contributed by atoms with Gasteiger partial charge in [-0.25, -0.2) is 0 Å². The maximum absolute atomic E-state index is 8.58. The van der Waals surface area contributed by atoms with Crippen LogP contribution >= 0.6 is 0 Å². The van der Waals surface area contributed by atoms with E-state index in [1.54, 1.807) is 0 Å². The summed E-state index contributed by atoms with van der Waals surface area (Å²) >= 11 is 0. The standard InChI is InChI=1S/C7H15NO2/c1-7(2)5-8-6(10-7)3-4-9/h6,8-9H,3-5H2,1-2H3. The predicted octanol–water partition coefficient (Wildman–Crippen LogP) is 0.0933. The van der Waals surface area contributed by atoms with Gasteiger partial charge in [-0.2, -0.15) is 0 Å². The van der Waals surface area contributed by atoms with Gasteiger partial charge in [0.25, 0.3) is 0 Å². The minimum atomic E-state index is -0.0557. The minimum absolute atomic E-state index is 0.0556. The number of rotatable bonds is 2. The fraction of sp³-hybridized carbons (Fsp3) is 1.00. The molecule has 1 heterocycles. The van der Waals surface area contributed by atoms with Crippen molar-refractivity contribution in [2.45, 2.75) is 32.1 Å². The SMILES string of the molecule is CC1(C)CNC(CCO)O1. The normalized spacial score (nSPS) is 30.9. The Bertz CT molecular complexity index is 114. The Kier molecular flexibility index (Phi) is 2.28. The van der Waals surface area contributed by atoms with Crippen molar-refractivity contribution < 1.29 is 9.84 Å². The van der Waals surface area contributed by atoms with E-state index in [2.05, 4.69) is 5.32 Å². The molecule has 3 nitrogen and oxygen atoms in total. The van der Waals surface area contributed by atoms with E-state index in [1.165, 1.54) is 0 Å². The lowest BCUT2D eigenvalue weighted by Gasteiger charge is -2.16. The Morgan fingerprint density at radius 1 is 1.70 bits per heavy atom. The third-order valence-corrected chi connectivity index (χ3v) is 1.61. The van der Waals surface area contributed by atoms with Crippen LogP contribution in [0, 0.1) is 0 Å². The van der Waals surface area contributed by atoms with Crippen molar-refractivity contribution in [1.82, 2.24) is 5.32 Å². The van der Waals surface area contributed by atoms with E-state index in [0.717, 1.165) is 6.54 Å². The molecule has 0 radical (unpaired) electrons. The first-order valence-corrected chi connectivity index (χ1v) is 3.66. The van der Waals surface area contributed by atoms with Gasteiger partial charge in [-0.15, -0.1) is 0 Å². The summed E-state index contributed by atoms with van der Waals surface area (Å²) in [4.78, 5) is 0. The van der Waals surface area contributed by atoms with Gasteiger partial charge in [0.05, 0.1) is 5.60 Å². The Morgan fingerprint density at radius 3 is 2.80 bits per heavy atom. The van der Waals surface area contributed by atoms with Crippen LogP contribution in [0.1, 0.15) is 20.3 Å². The van der Waals surface area contributed by atoms with Gasteiger partial charge in [-0.1, -0.05) is 0 Å². The smallest absolute Gasteiger partial charge is 0.111 e. The summed E-state index contributed by atoms with van der Waals surface area (Å²) < 4.78 is 5.52. The summed E-state index contributed by atoms with van der Waals surface area (Å²) in [5.41, 5.74) is -0.0557. The van der Waals surface area contributed by atoms with Crippen LogP contribution in [0.3, 0.4) is 0 Å². The molecule has 3 heteroatoms. The molecule has 60 valence electrons. The third-order valence-electron chi connectivity index (χ3n) is 1.61. The lowest BCUT2D eigenvalue weighted by molar-refractivity contribution is -0.0236. The Balaban J connectivity index is 2.29. The minimum Gasteiger partial charge on any atom is -0.396 e. The van der Waals surface area contributed by atoms with Gasteiger partial charge in [-0.05, 0) is 13.8 Å². The molecule has 0 saturated carbocycles. The number of nitrogens with one attached hydrogen (secondary N) is 1. The second-order valence-electron chi connectivity index (χ2n) is 3.26. The predicted molar refractivity (Wildman–Crippen MR) is 38.7 cm³/mol. The van der Waals surface area contributed by atoms with Gasteiger partial charge < -0.3 is 9.84 Å². The molecule has 2 N–H and O–H groups in total. The molecule has 1 rings (SSSR count). The zero-order chi connectivity index (χ0) is 7.61. The number of aliphatic hydroxyl groups excluding tert-OH is 1. The third kappa shape index (κ3) is 1.94. The van der Waals surface area contributed by atoms with Crippen molar-refractivity contribution >= 4 is 0 Å². The van der Waals surface area contributed by atoms with Crippen LogP contribution in [0.4, 0.5) is 0 Å². The topological polar surface area (TPSA) is 41.5 Å². The van der Waals surface area contributed by atoms with Crippen LogP contribution in [-0.4, -0.2) is 30.1 Å². The quantitative estimate of drug-likeness (QED) is 0.578. The van der Waals surface area contributed by atoms with Gasteiger partial charge in [0.1, 0.15) is 6.23 Å². The van der Waals surface area contributed by atoms with Crippen molar-refractivity contribution in [3.05, 3.63) is 0 Å². The number of aliphatic hydroxyl groups is 1. The van der Waals surface area contributed by atoms with Crippen molar-refractivity contribution in [1.29, 1.82) is 0 Å². The highest BCUT2D eigenvalue weighted by Gasteiger charge is 2.30. The summed E-state index contributed by atoms with van der Waals surface area (Å²) in [6, 6.07) is 0. The first-order chi connectivity index (χ1) is 4.64. The molecule has 10 heavy (non-hydrogen) atoms. The molecule has 0 spiro atoms. The van der Waals surface area contributed by atoms with Crippen LogP contribution in [0.15, 0.2) is 0 Å². The highest BCUT2D eigenvalue weighted by Crippen LogP contribution is 2.17.